The summed E-state index contributed by atoms with van der Waals surface area (Å²) in [6.07, 6.45) is 1.36. The van der Waals surface area contributed by atoms with Crippen LogP contribution in [-0.4, -0.2) is 36.4 Å². The summed E-state index contributed by atoms with van der Waals surface area (Å²) in [5.41, 5.74) is 6.11. The third kappa shape index (κ3) is 3.54. The molecule has 1 aromatic heterocycles. The van der Waals surface area contributed by atoms with Crippen molar-refractivity contribution >= 4 is 5.69 Å². The maximum absolute atomic E-state index is 5.80. The second-order valence-electron chi connectivity index (χ2n) is 3.41. The van der Waals surface area contributed by atoms with E-state index in [9.17, 15) is 0 Å². The highest BCUT2D eigenvalue weighted by atomic mass is 16.5. The summed E-state index contributed by atoms with van der Waals surface area (Å²) in [6.45, 7) is 4.66. The van der Waals surface area contributed by atoms with E-state index >= 15 is 0 Å². The molecule has 0 spiro atoms. The molecule has 0 aliphatic rings. The van der Waals surface area contributed by atoms with E-state index in [1.165, 1.54) is 6.33 Å². The van der Waals surface area contributed by atoms with Gasteiger partial charge in [-0.25, -0.2) is 0 Å². The van der Waals surface area contributed by atoms with Crippen LogP contribution in [0.2, 0.25) is 0 Å². The molecule has 0 radical (unpaired) electrons. The van der Waals surface area contributed by atoms with E-state index in [2.05, 4.69) is 9.97 Å². The molecule has 0 atom stereocenters. The van der Waals surface area contributed by atoms with Crippen LogP contribution in [0.4, 0.5) is 5.69 Å². The van der Waals surface area contributed by atoms with E-state index in [1.54, 1.807) is 7.11 Å². The minimum atomic E-state index is 0.00373. The van der Waals surface area contributed by atoms with Crippen LogP contribution in [0.25, 0.3) is 0 Å². The predicted molar refractivity (Wildman–Crippen MR) is 59.6 cm³/mol. The summed E-state index contributed by atoms with van der Waals surface area (Å²) in [4.78, 5) is 7.86. The van der Waals surface area contributed by atoms with E-state index in [1.807, 2.05) is 13.8 Å². The second-order valence-corrected chi connectivity index (χ2v) is 3.41. The molecule has 0 saturated carbocycles. The zero-order chi connectivity index (χ0) is 12.0. The molecular formula is C10H17N3O3. The van der Waals surface area contributed by atoms with Gasteiger partial charge < -0.3 is 19.9 Å². The number of ether oxygens (including phenoxy) is 3. The van der Waals surface area contributed by atoms with Crippen LogP contribution in [0.3, 0.4) is 0 Å². The van der Waals surface area contributed by atoms with Crippen molar-refractivity contribution in [3.63, 3.8) is 0 Å². The molecule has 0 aliphatic heterocycles. The minimum Gasteiger partial charge on any atom is -0.474 e. The molecule has 0 aliphatic carbocycles. The molecule has 0 amide bonds. The maximum Gasteiger partial charge on any atom is 0.244 e. The molecule has 0 saturated heterocycles. The van der Waals surface area contributed by atoms with Crippen LogP contribution in [0.1, 0.15) is 13.8 Å². The lowest BCUT2D eigenvalue weighted by atomic mass is 10.4. The van der Waals surface area contributed by atoms with Gasteiger partial charge in [0.05, 0.1) is 12.7 Å². The molecule has 0 aromatic carbocycles. The Bertz CT molecular complexity index is 331. The Kier molecular flexibility index (Phi) is 4.78. The lowest BCUT2D eigenvalue weighted by Crippen LogP contribution is -2.12. The van der Waals surface area contributed by atoms with Crippen molar-refractivity contribution in [2.75, 3.05) is 26.1 Å². The number of hydrogen-bond acceptors (Lipinski definition) is 6. The summed E-state index contributed by atoms with van der Waals surface area (Å²) in [7, 11) is 1.60. The van der Waals surface area contributed by atoms with E-state index in [-0.39, 0.29) is 6.10 Å². The number of aromatic nitrogens is 2. The Morgan fingerprint density at radius 1 is 1.25 bits per heavy atom. The zero-order valence-electron chi connectivity index (χ0n) is 9.77. The normalized spacial score (nSPS) is 10.5. The van der Waals surface area contributed by atoms with Gasteiger partial charge in [-0.15, -0.1) is 0 Å². The predicted octanol–water partition coefficient (Wildman–Crippen LogP) is 0.871. The third-order valence-corrected chi connectivity index (χ3v) is 1.68. The second kappa shape index (κ2) is 6.12. The smallest absolute Gasteiger partial charge is 0.244 e. The molecule has 0 fully saturated rings. The van der Waals surface area contributed by atoms with Crippen LogP contribution in [0, 0.1) is 0 Å². The van der Waals surface area contributed by atoms with Gasteiger partial charge in [-0.3, -0.25) is 0 Å². The van der Waals surface area contributed by atoms with Crippen molar-refractivity contribution in [1.29, 1.82) is 0 Å². The lowest BCUT2D eigenvalue weighted by molar-refractivity contribution is 0.143. The van der Waals surface area contributed by atoms with Crippen LogP contribution in [-0.2, 0) is 4.74 Å². The van der Waals surface area contributed by atoms with Crippen molar-refractivity contribution in [3.05, 3.63) is 6.33 Å². The first-order chi connectivity index (χ1) is 7.65. The molecular weight excluding hydrogens is 210 g/mol. The Labute approximate surface area is 94.7 Å². The molecule has 2 N–H and O–H groups in total. The number of nitrogen functional groups attached to an aromatic ring is 1. The number of methoxy groups -OCH3 is 1. The SMILES string of the molecule is COCCOc1ncnc(OC(C)C)c1N. The zero-order valence-corrected chi connectivity index (χ0v) is 9.77. The molecule has 1 rings (SSSR count). The van der Waals surface area contributed by atoms with Gasteiger partial charge in [-0.05, 0) is 13.8 Å². The standard InChI is InChI=1S/C10H17N3O3/c1-7(2)16-10-8(11)9(12-6-13-10)15-5-4-14-3/h6-7H,4-5,11H2,1-3H3. The van der Waals surface area contributed by atoms with E-state index in [4.69, 9.17) is 19.9 Å². The number of nitrogens with zero attached hydrogens (tertiary/aromatic N) is 2. The van der Waals surface area contributed by atoms with E-state index in [0.717, 1.165) is 0 Å². The molecule has 6 nitrogen and oxygen atoms in total. The molecule has 1 aromatic rings. The number of hydrogen-bond donors (Lipinski definition) is 1. The summed E-state index contributed by atoms with van der Waals surface area (Å²) in [5.74, 6) is 0.667. The van der Waals surface area contributed by atoms with Gasteiger partial charge in [0, 0.05) is 7.11 Å². The van der Waals surface area contributed by atoms with Gasteiger partial charge in [-0.1, -0.05) is 0 Å². The van der Waals surface area contributed by atoms with Crippen molar-refractivity contribution in [2.45, 2.75) is 20.0 Å². The first-order valence-corrected chi connectivity index (χ1v) is 5.04. The molecule has 16 heavy (non-hydrogen) atoms. The topological polar surface area (TPSA) is 79.5 Å². The number of nitrogens with two attached hydrogens (primary N) is 1. The van der Waals surface area contributed by atoms with Crippen LogP contribution in [0.15, 0.2) is 6.33 Å². The van der Waals surface area contributed by atoms with E-state index in [0.29, 0.717) is 30.7 Å². The summed E-state index contributed by atoms with van der Waals surface area (Å²) in [5, 5.41) is 0. The highest BCUT2D eigenvalue weighted by molar-refractivity contribution is 5.55. The Morgan fingerprint density at radius 2 is 1.94 bits per heavy atom. The largest absolute Gasteiger partial charge is 0.474 e. The van der Waals surface area contributed by atoms with Crippen molar-refractivity contribution in [3.8, 4) is 11.8 Å². The Morgan fingerprint density at radius 3 is 2.56 bits per heavy atom. The average Bonchev–Trinajstić information content (AvgIpc) is 2.23. The Balaban J connectivity index is 2.70. The van der Waals surface area contributed by atoms with E-state index < -0.39 is 0 Å². The summed E-state index contributed by atoms with van der Waals surface area (Å²) < 4.78 is 15.6. The van der Waals surface area contributed by atoms with Gasteiger partial charge in [0.2, 0.25) is 11.8 Å². The monoisotopic (exact) mass is 227 g/mol. The minimum absolute atomic E-state index is 0.00373. The first kappa shape index (κ1) is 12.5. The molecule has 1 heterocycles. The van der Waals surface area contributed by atoms with Crippen molar-refractivity contribution in [1.82, 2.24) is 9.97 Å². The van der Waals surface area contributed by atoms with Gasteiger partial charge in [0.15, 0.2) is 5.69 Å². The average molecular weight is 227 g/mol. The fourth-order valence-corrected chi connectivity index (χ4v) is 1.02. The summed E-state index contributed by atoms with van der Waals surface area (Å²) in [6, 6.07) is 0. The fourth-order valence-electron chi connectivity index (χ4n) is 1.02. The van der Waals surface area contributed by atoms with Gasteiger partial charge in [-0.2, -0.15) is 9.97 Å². The van der Waals surface area contributed by atoms with Crippen LogP contribution < -0.4 is 15.2 Å². The highest BCUT2D eigenvalue weighted by Crippen LogP contribution is 2.27. The van der Waals surface area contributed by atoms with Gasteiger partial charge in [0.25, 0.3) is 0 Å². The summed E-state index contributed by atoms with van der Waals surface area (Å²) >= 11 is 0. The number of rotatable bonds is 6. The Hall–Kier alpha value is -1.56. The van der Waals surface area contributed by atoms with Crippen molar-refractivity contribution < 1.29 is 14.2 Å². The van der Waals surface area contributed by atoms with Gasteiger partial charge in [0.1, 0.15) is 12.9 Å². The molecule has 0 unspecified atom stereocenters. The first-order valence-electron chi connectivity index (χ1n) is 5.04. The fraction of sp³-hybridized carbons (Fsp3) is 0.600. The van der Waals surface area contributed by atoms with Crippen LogP contribution >= 0.6 is 0 Å². The third-order valence-electron chi connectivity index (χ3n) is 1.68. The van der Waals surface area contributed by atoms with Gasteiger partial charge >= 0.3 is 0 Å². The molecule has 0 bridgehead atoms. The van der Waals surface area contributed by atoms with Crippen molar-refractivity contribution in [2.24, 2.45) is 0 Å². The number of anilines is 1. The maximum atomic E-state index is 5.80. The molecule has 6 heteroatoms. The molecule has 90 valence electrons. The quantitative estimate of drug-likeness (QED) is 0.726. The lowest BCUT2D eigenvalue weighted by Gasteiger charge is -2.12. The van der Waals surface area contributed by atoms with Crippen LogP contribution in [0.5, 0.6) is 11.8 Å². The highest BCUT2D eigenvalue weighted by Gasteiger charge is 2.11.